The van der Waals surface area contributed by atoms with Crippen molar-refractivity contribution in [3.63, 3.8) is 0 Å². The fourth-order valence-electron chi connectivity index (χ4n) is 2.04. The summed E-state index contributed by atoms with van der Waals surface area (Å²) in [5.41, 5.74) is -0.0886. The van der Waals surface area contributed by atoms with Gasteiger partial charge in [0.2, 0.25) is 11.8 Å². The number of aliphatic hydroxyl groups excluding tert-OH is 1. The zero-order chi connectivity index (χ0) is 16.3. The van der Waals surface area contributed by atoms with E-state index in [9.17, 15) is 23.9 Å². The normalized spacial score (nSPS) is 25.3. The molecule has 2 atom stereocenters. The minimum Gasteiger partial charge on any atom is -0.509 e. The van der Waals surface area contributed by atoms with E-state index in [0.29, 0.717) is 0 Å². The number of ether oxygens (including phenoxy) is 1. The van der Waals surface area contributed by atoms with Gasteiger partial charge in [-0.2, -0.15) is 0 Å². The number of halogens is 1. The number of amides is 3. The first-order valence-corrected chi connectivity index (χ1v) is 6.57. The Kier molecular flexibility index (Phi) is 4.59. The van der Waals surface area contributed by atoms with E-state index in [1.54, 1.807) is 0 Å². The maximum atomic E-state index is 13.7. The standard InChI is InChI=1S/C14H15FN2O5/c1-22-8-4-7(5-9(15)11(18)6-8)13(20)16-10-2-3-12(19)17-14(10)21/h4-6,9-10,18H,2-3H2,1H3,(H,16,20)(H,17,19,21). The molecule has 8 heteroatoms. The number of carbonyl (C=O) groups excluding carboxylic acids is 3. The molecule has 0 radical (unpaired) electrons. The highest BCUT2D eigenvalue weighted by atomic mass is 19.1. The van der Waals surface area contributed by atoms with Crippen LogP contribution in [0.2, 0.25) is 0 Å². The van der Waals surface area contributed by atoms with Crippen LogP contribution in [0.15, 0.2) is 35.3 Å². The maximum absolute atomic E-state index is 13.7. The third kappa shape index (κ3) is 3.51. The molecule has 1 aliphatic carbocycles. The van der Waals surface area contributed by atoms with E-state index in [4.69, 9.17) is 4.74 Å². The number of aliphatic hydroxyl groups is 1. The zero-order valence-electron chi connectivity index (χ0n) is 11.8. The lowest BCUT2D eigenvalue weighted by atomic mass is 10.1. The number of methoxy groups -OCH3 is 1. The molecule has 3 amide bonds. The summed E-state index contributed by atoms with van der Waals surface area (Å²) in [5, 5.41) is 14.0. The molecule has 118 valence electrons. The summed E-state index contributed by atoms with van der Waals surface area (Å²) >= 11 is 0. The lowest BCUT2D eigenvalue weighted by Crippen LogP contribution is -2.52. The quantitative estimate of drug-likeness (QED) is 0.644. The highest BCUT2D eigenvalue weighted by Crippen LogP contribution is 2.19. The molecule has 1 aliphatic heterocycles. The average molecular weight is 310 g/mol. The van der Waals surface area contributed by atoms with Crippen LogP contribution in [0.3, 0.4) is 0 Å². The highest BCUT2D eigenvalue weighted by Gasteiger charge is 2.29. The number of imide groups is 1. The van der Waals surface area contributed by atoms with Gasteiger partial charge >= 0.3 is 0 Å². The van der Waals surface area contributed by atoms with Crippen molar-refractivity contribution in [3.05, 3.63) is 35.3 Å². The average Bonchev–Trinajstić information content (AvgIpc) is 2.61. The minimum absolute atomic E-state index is 0.0886. The Balaban J connectivity index is 2.13. The van der Waals surface area contributed by atoms with E-state index in [-0.39, 0.29) is 24.2 Å². The first-order valence-electron chi connectivity index (χ1n) is 6.57. The molecule has 0 aromatic carbocycles. The van der Waals surface area contributed by atoms with Crippen molar-refractivity contribution < 1.29 is 28.6 Å². The fraction of sp³-hybridized carbons (Fsp3) is 0.357. The number of allylic oxidation sites excluding steroid dienone is 2. The van der Waals surface area contributed by atoms with Crippen LogP contribution in [-0.2, 0) is 19.1 Å². The number of piperidine rings is 1. The van der Waals surface area contributed by atoms with Gasteiger partial charge in [-0.15, -0.1) is 0 Å². The Bertz CT molecular complexity index is 608. The molecule has 2 rings (SSSR count). The molecule has 1 fully saturated rings. The Labute approximate surface area is 125 Å². The fourth-order valence-corrected chi connectivity index (χ4v) is 2.04. The van der Waals surface area contributed by atoms with Crippen molar-refractivity contribution in [1.82, 2.24) is 10.6 Å². The maximum Gasteiger partial charge on any atom is 0.251 e. The summed E-state index contributed by atoms with van der Waals surface area (Å²) in [6.45, 7) is 0. The van der Waals surface area contributed by atoms with Gasteiger partial charge < -0.3 is 15.2 Å². The Hall–Kier alpha value is -2.64. The second-order valence-electron chi connectivity index (χ2n) is 4.82. The molecule has 7 nitrogen and oxygen atoms in total. The van der Waals surface area contributed by atoms with Crippen molar-refractivity contribution >= 4 is 17.7 Å². The Morgan fingerprint density at radius 3 is 2.82 bits per heavy atom. The van der Waals surface area contributed by atoms with Crippen LogP contribution in [-0.4, -0.2) is 42.2 Å². The predicted octanol–water partition coefficient (Wildman–Crippen LogP) is 0.158. The van der Waals surface area contributed by atoms with Gasteiger partial charge in [-0.25, -0.2) is 4.39 Å². The summed E-state index contributed by atoms with van der Waals surface area (Å²) < 4.78 is 18.6. The highest BCUT2D eigenvalue weighted by molar-refractivity contribution is 6.04. The summed E-state index contributed by atoms with van der Waals surface area (Å²) in [6.07, 6.45) is 1.66. The number of nitrogens with one attached hydrogen (secondary N) is 2. The molecule has 2 aliphatic rings. The Morgan fingerprint density at radius 1 is 1.45 bits per heavy atom. The summed E-state index contributed by atoms with van der Waals surface area (Å²) in [4.78, 5) is 34.8. The van der Waals surface area contributed by atoms with E-state index in [1.165, 1.54) is 13.2 Å². The lowest BCUT2D eigenvalue weighted by molar-refractivity contribution is -0.136. The second-order valence-corrected chi connectivity index (χ2v) is 4.82. The molecule has 2 unspecified atom stereocenters. The molecule has 0 aromatic heterocycles. The predicted molar refractivity (Wildman–Crippen MR) is 73.1 cm³/mol. The van der Waals surface area contributed by atoms with Crippen LogP contribution in [0.4, 0.5) is 4.39 Å². The van der Waals surface area contributed by atoms with Crippen LogP contribution in [0.1, 0.15) is 12.8 Å². The van der Waals surface area contributed by atoms with Crippen molar-refractivity contribution in [3.8, 4) is 0 Å². The van der Waals surface area contributed by atoms with Gasteiger partial charge in [0.15, 0.2) is 6.17 Å². The topological polar surface area (TPSA) is 105 Å². The van der Waals surface area contributed by atoms with Crippen LogP contribution >= 0.6 is 0 Å². The minimum atomic E-state index is -1.86. The van der Waals surface area contributed by atoms with E-state index >= 15 is 0 Å². The van der Waals surface area contributed by atoms with E-state index in [0.717, 1.165) is 12.2 Å². The molecular weight excluding hydrogens is 295 g/mol. The summed E-state index contributed by atoms with van der Waals surface area (Å²) in [6, 6.07) is -0.867. The molecule has 0 spiro atoms. The molecule has 0 bridgehead atoms. The molecule has 3 N–H and O–H groups in total. The number of carbonyl (C=O) groups is 3. The van der Waals surface area contributed by atoms with E-state index in [1.807, 2.05) is 0 Å². The first kappa shape index (κ1) is 15.7. The largest absolute Gasteiger partial charge is 0.509 e. The smallest absolute Gasteiger partial charge is 0.251 e. The van der Waals surface area contributed by atoms with Crippen LogP contribution in [0, 0.1) is 0 Å². The third-order valence-corrected chi connectivity index (χ3v) is 3.24. The van der Waals surface area contributed by atoms with E-state index in [2.05, 4.69) is 10.6 Å². The molecule has 1 heterocycles. The van der Waals surface area contributed by atoms with Gasteiger partial charge in [-0.3, -0.25) is 19.7 Å². The SMILES string of the molecule is COC1=CC(C(=O)NC2CCC(=O)NC2=O)=CC(F)C(O)=C1. The second kappa shape index (κ2) is 6.42. The van der Waals surface area contributed by atoms with Crippen LogP contribution < -0.4 is 10.6 Å². The van der Waals surface area contributed by atoms with Crippen molar-refractivity contribution in [2.45, 2.75) is 25.1 Å². The van der Waals surface area contributed by atoms with Gasteiger partial charge in [-0.1, -0.05) is 0 Å². The van der Waals surface area contributed by atoms with Crippen LogP contribution in [0.25, 0.3) is 0 Å². The molecule has 0 aromatic rings. The lowest BCUT2D eigenvalue weighted by Gasteiger charge is -2.22. The number of hydrogen-bond donors (Lipinski definition) is 3. The van der Waals surface area contributed by atoms with E-state index < -0.39 is 35.7 Å². The molecule has 22 heavy (non-hydrogen) atoms. The van der Waals surface area contributed by atoms with Gasteiger partial charge in [-0.05, 0) is 18.6 Å². The zero-order valence-corrected chi connectivity index (χ0v) is 11.8. The van der Waals surface area contributed by atoms with Gasteiger partial charge in [0.05, 0.1) is 7.11 Å². The number of rotatable bonds is 3. The molecule has 1 saturated heterocycles. The van der Waals surface area contributed by atoms with Gasteiger partial charge in [0.1, 0.15) is 17.6 Å². The Morgan fingerprint density at radius 2 is 2.18 bits per heavy atom. The third-order valence-electron chi connectivity index (χ3n) is 3.24. The summed E-state index contributed by atoms with van der Waals surface area (Å²) in [7, 11) is 1.31. The first-order chi connectivity index (χ1) is 10.4. The van der Waals surface area contributed by atoms with Crippen molar-refractivity contribution in [2.75, 3.05) is 7.11 Å². The molecule has 0 saturated carbocycles. The monoisotopic (exact) mass is 310 g/mol. The van der Waals surface area contributed by atoms with Crippen molar-refractivity contribution in [1.29, 1.82) is 0 Å². The molecular formula is C14H15FN2O5. The van der Waals surface area contributed by atoms with Crippen molar-refractivity contribution in [2.24, 2.45) is 0 Å². The summed E-state index contributed by atoms with van der Waals surface area (Å²) in [5.74, 6) is -2.19. The number of alkyl halides is 1. The van der Waals surface area contributed by atoms with Gasteiger partial charge in [0.25, 0.3) is 5.91 Å². The van der Waals surface area contributed by atoms with Crippen LogP contribution in [0.5, 0.6) is 0 Å². The van der Waals surface area contributed by atoms with Gasteiger partial charge in [0, 0.05) is 18.1 Å². The number of hydrogen-bond acceptors (Lipinski definition) is 5.